The summed E-state index contributed by atoms with van der Waals surface area (Å²) < 4.78 is -1.66. The first-order valence-corrected chi connectivity index (χ1v) is 6.38. The summed E-state index contributed by atoms with van der Waals surface area (Å²) in [6.07, 6.45) is -0.144. The first-order chi connectivity index (χ1) is 7.93. The van der Waals surface area contributed by atoms with E-state index in [1.54, 1.807) is 0 Å². The fourth-order valence-corrected chi connectivity index (χ4v) is 2.54. The molecule has 0 aliphatic rings. The molecular weight excluding hydrogens is 328 g/mol. The second-order valence-corrected chi connectivity index (χ2v) is 7.40. The number of amides is 1. The number of aliphatic carboxylic acids is 1. The summed E-state index contributed by atoms with van der Waals surface area (Å²) in [5.41, 5.74) is 0.0608. The van der Waals surface area contributed by atoms with E-state index in [4.69, 9.17) is 56.7 Å². The zero-order valence-corrected chi connectivity index (χ0v) is 12.6. The van der Waals surface area contributed by atoms with E-state index in [2.05, 4.69) is 0 Å². The topological polar surface area (TPSA) is 86.6 Å². The average Bonchev–Trinajstić information content (AvgIpc) is 2.13. The Balaban J connectivity index is 5.17. The van der Waals surface area contributed by atoms with Crippen LogP contribution in [-0.2, 0) is 9.59 Å². The van der Waals surface area contributed by atoms with E-state index >= 15 is 0 Å². The van der Waals surface area contributed by atoms with Gasteiger partial charge >= 0.3 is 5.97 Å². The van der Waals surface area contributed by atoms with Crippen molar-refractivity contribution in [3.8, 4) is 0 Å². The quantitative estimate of drug-likeness (QED) is 0.311. The first-order valence-electron chi connectivity index (χ1n) is 4.81. The number of hydrogen-bond acceptors (Lipinski definition) is 3. The van der Waals surface area contributed by atoms with E-state index in [9.17, 15) is 9.59 Å². The van der Waals surface area contributed by atoms with E-state index in [-0.39, 0.29) is 6.42 Å². The summed E-state index contributed by atoms with van der Waals surface area (Å²) >= 11 is 22.8. The van der Waals surface area contributed by atoms with Gasteiger partial charge in [0, 0.05) is 17.2 Å². The van der Waals surface area contributed by atoms with Crippen LogP contribution in [0.4, 0.5) is 0 Å². The molecule has 106 valence electrons. The monoisotopic (exact) mass is 339 g/mol. The molecule has 0 radical (unpaired) electrons. The van der Waals surface area contributed by atoms with Gasteiger partial charge in [-0.05, 0) is 0 Å². The number of carboxylic acids is 1. The Bertz CT molecular complexity index is 329. The van der Waals surface area contributed by atoms with Gasteiger partial charge in [0.2, 0.25) is 0 Å². The summed E-state index contributed by atoms with van der Waals surface area (Å²) in [4.78, 5) is 22.5. The number of nitrogens with one attached hydrogen (secondary N) is 1. The lowest BCUT2D eigenvalue weighted by Crippen LogP contribution is -2.47. The SMILES string of the molecule is CC(C)(C(Cl)CC(Cl)(Cl)Cl)C(C(=O)O)C(=O)NO. The maximum Gasteiger partial charge on any atom is 0.316 e. The summed E-state index contributed by atoms with van der Waals surface area (Å²) in [5.74, 6) is -4.08. The highest BCUT2D eigenvalue weighted by Gasteiger charge is 2.47. The van der Waals surface area contributed by atoms with Gasteiger partial charge in [-0.15, -0.1) is 11.6 Å². The van der Waals surface area contributed by atoms with Crippen LogP contribution < -0.4 is 5.48 Å². The predicted molar refractivity (Wildman–Crippen MR) is 69.4 cm³/mol. The predicted octanol–water partition coefficient (Wildman–Crippen LogP) is 2.59. The lowest BCUT2D eigenvalue weighted by atomic mass is 9.74. The number of halogens is 4. The van der Waals surface area contributed by atoms with Gasteiger partial charge < -0.3 is 5.11 Å². The van der Waals surface area contributed by atoms with E-state index in [1.807, 2.05) is 0 Å². The smallest absolute Gasteiger partial charge is 0.316 e. The van der Waals surface area contributed by atoms with Crippen molar-refractivity contribution in [2.24, 2.45) is 11.3 Å². The number of carbonyl (C=O) groups is 2. The van der Waals surface area contributed by atoms with Crippen molar-refractivity contribution >= 4 is 58.3 Å². The number of rotatable bonds is 5. The van der Waals surface area contributed by atoms with E-state index in [0.29, 0.717) is 0 Å². The van der Waals surface area contributed by atoms with Crippen molar-refractivity contribution in [2.45, 2.75) is 29.4 Å². The molecule has 2 unspecified atom stereocenters. The minimum absolute atomic E-state index is 0.144. The Morgan fingerprint density at radius 1 is 1.28 bits per heavy atom. The van der Waals surface area contributed by atoms with Crippen molar-refractivity contribution in [2.75, 3.05) is 0 Å². The zero-order valence-electron chi connectivity index (χ0n) is 9.58. The number of carbonyl (C=O) groups excluding carboxylic acids is 1. The summed E-state index contributed by atoms with van der Waals surface area (Å²) in [7, 11) is 0. The minimum Gasteiger partial charge on any atom is -0.481 e. The molecule has 0 saturated carbocycles. The third-order valence-electron chi connectivity index (χ3n) is 2.58. The van der Waals surface area contributed by atoms with E-state index in [1.165, 1.54) is 19.3 Å². The van der Waals surface area contributed by atoms with Crippen LogP contribution in [0.15, 0.2) is 0 Å². The second kappa shape index (κ2) is 6.48. The van der Waals surface area contributed by atoms with Crippen molar-refractivity contribution < 1.29 is 19.9 Å². The molecule has 0 fully saturated rings. The maximum absolute atomic E-state index is 11.4. The van der Waals surface area contributed by atoms with Gasteiger partial charge in [0.15, 0.2) is 3.79 Å². The highest BCUT2D eigenvalue weighted by Crippen LogP contribution is 2.43. The molecular formula is C9H13Cl4NO4. The molecule has 0 aromatic heterocycles. The van der Waals surface area contributed by atoms with Crippen LogP contribution in [0.1, 0.15) is 20.3 Å². The molecule has 0 heterocycles. The van der Waals surface area contributed by atoms with Crippen molar-refractivity contribution in [3.05, 3.63) is 0 Å². The molecule has 0 bridgehead atoms. The summed E-state index contributed by atoms with van der Waals surface area (Å²) in [5, 5.41) is 16.7. The number of alkyl halides is 4. The van der Waals surface area contributed by atoms with Gasteiger partial charge in [-0.2, -0.15) is 0 Å². The second-order valence-electron chi connectivity index (χ2n) is 4.36. The van der Waals surface area contributed by atoms with Gasteiger partial charge in [0.05, 0.1) is 0 Å². The fourth-order valence-electron chi connectivity index (χ4n) is 1.48. The van der Waals surface area contributed by atoms with E-state index in [0.717, 1.165) is 0 Å². The average molecular weight is 341 g/mol. The molecule has 18 heavy (non-hydrogen) atoms. The zero-order chi connectivity index (χ0) is 14.7. The third-order valence-corrected chi connectivity index (χ3v) is 3.76. The maximum atomic E-state index is 11.4. The van der Waals surface area contributed by atoms with Crippen LogP contribution in [0, 0.1) is 11.3 Å². The summed E-state index contributed by atoms with van der Waals surface area (Å²) in [6.45, 7) is 2.88. The largest absolute Gasteiger partial charge is 0.481 e. The number of hydrogen-bond donors (Lipinski definition) is 3. The summed E-state index contributed by atoms with van der Waals surface area (Å²) in [6, 6.07) is 0. The molecule has 0 aromatic carbocycles. The Labute approximate surface area is 124 Å². The van der Waals surface area contributed by atoms with Crippen LogP contribution >= 0.6 is 46.4 Å². The molecule has 0 aliphatic heterocycles. The first kappa shape index (κ1) is 18.1. The Morgan fingerprint density at radius 2 is 1.72 bits per heavy atom. The van der Waals surface area contributed by atoms with Crippen LogP contribution in [0.25, 0.3) is 0 Å². The van der Waals surface area contributed by atoms with Crippen LogP contribution in [0.3, 0.4) is 0 Å². The fraction of sp³-hybridized carbons (Fsp3) is 0.778. The van der Waals surface area contributed by atoms with Gasteiger partial charge in [-0.25, -0.2) is 5.48 Å². The molecule has 0 saturated heterocycles. The molecule has 2 atom stereocenters. The van der Waals surface area contributed by atoms with Crippen LogP contribution in [0.2, 0.25) is 0 Å². The van der Waals surface area contributed by atoms with E-state index < -0.39 is 32.4 Å². The molecule has 0 spiro atoms. The van der Waals surface area contributed by atoms with Gasteiger partial charge in [-0.1, -0.05) is 48.7 Å². The van der Waals surface area contributed by atoms with Crippen molar-refractivity contribution in [3.63, 3.8) is 0 Å². The van der Waals surface area contributed by atoms with Crippen LogP contribution in [0.5, 0.6) is 0 Å². The number of carboxylic acid groups (broad SMARTS) is 1. The third kappa shape index (κ3) is 4.97. The molecule has 1 amide bonds. The Kier molecular flexibility index (Phi) is 6.50. The Hall–Kier alpha value is 0.0600. The lowest BCUT2D eigenvalue weighted by Gasteiger charge is -2.35. The molecule has 9 heteroatoms. The standard InChI is InChI=1S/C9H13Cl4NO4/c1-8(2,4(10)3-9(11,12)13)5(7(16)17)6(15)14-18/h4-5,18H,3H2,1-2H3,(H,14,15)(H,16,17). The molecule has 0 aromatic rings. The van der Waals surface area contributed by atoms with Gasteiger partial charge in [-0.3, -0.25) is 14.8 Å². The normalized spacial score (nSPS) is 15.9. The Morgan fingerprint density at radius 3 is 2.00 bits per heavy atom. The number of hydroxylamine groups is 1. The molecule has 0 aliphatic carbocycles. The van der Waals surface area contributed by atoms with Gasteiger partial charge in [0.25, 0.3) is 5.91 Å². The van der Waals surface area contributed by atoms with Gasteiger partial charge in [0.1, 0.15) is 5.92 Å². The van der Waals surface area contributed by atoms with Crippen LogP contribution in [-0.4, -0.2) is 31.4 Å². The molecule has 0 rings (SSSR count). The molecule has 5 nitrogen and oxygen atoms in total. The highest BCUT2D eigenvalue weighted by atomic mass is 35.6. The van der Waals surface area contributed by atoms with Crippen molar-refractivity contribution in [1.29, 1.82) is 0 Å². The van der Waals surface area contributed by atoms with Crippen molar-refractivity contribution in [1.82, 2.24) is 5.48 Å². The highest BCUT2D eigenvalue weighted by molar-refractivity contribution is 6.67. The molecule has 3 N–H and O–H groups in total. The lowest BCUT2D eigenvalue weighted by molar-refractivity contribution is -0.155. The minimum atomic E-state index is -1.66.